The Morgan fingerprint density at radius 3 is 2.21 bits per heavy atom. The van der Waals surface area contributed by atoms with Gasteiger partial charge in [-0.2, -0.15) is 0 Å². The molecule has 39 heavy (non-hydrogen) atoms. The summed E-state index contributed by atoms with van der Waals surface area (Å²) in [5.41, 5.74) is 2.37. The summed E-state index contributed by atoms with van der Waals surface area (Å²) in [6.07, 6.45) is 3.44. The Kier molecular flexibility index (Phi) is 9.77. The lowest BCUT2D eigenvalue weighted by Crippen LogP contribution is -2.34. The highest BCUT2D eigenvalue weighted by Gasteiger charge is 2.19. The Labute approximate surface area is 235 Å². The van der Waals surface area contributed by atoms with E-state index in [0.29, 0.717) is 18.2 Å². The number of benzene rings is 3. The van der Waals surface area contributed by atoms with Crippen LogP contribution >= 0.6 is 23.4 Å². The van der Waals surface area contributed by atoms with Crippen LogP contribution in [0.5, 0.6) is 0 Å². The highest BCUT2D eigenvalue weighted by atomic mass is 35.5. The Morgan fingerprint density at radius 1 is 0.974 bits per heavy atom. The van der Waals surface area contributed by atoms with E-state index in [2.05, 4.69) is 10.3 Å². The average Bonchev–Trinajstić information content (AvgIpc) is 3.36. The first-order valence-electron chi connectivity index (χ1n) is 12.1. The lowest BCUT2D eigenvalue weighted by molar-refractivity contribution is -0.135. The number of amides is 2. The minimum Gasteiger partial charge on any atom is -0.452 e. The quantitative estimate of drug-likeness (QED) is 0.200. The van der Waals surface area contributed by atoms with Gasteiger partial charge in [-0.25, -0.2) is 9.78 Å². The van der Waals surface area contributed by atoms with Crippen LogP contribution in [0.25, 0.3) is 0 Å². The van der Waals surface area contributed by atoms with Crippen molar-refractivity contribution in [2.75, 3.05) is 17.7 Å². The molecule has 0 spiro atoms. The van der Waals surface area contributed by atoms with Gasteiger partial charge in [0.25, 0.3) is 5.91 Å². The van der Waals surface area contributed by atoms with Crippen LogP contribution in [-0.2, 0) is 34.5 Å². The van der Waals surface area contributed by atoms with Crippen LogP contribution in [0, 0.1) is 0 Å². The Hall–Kier alpha value is -4.08. The second-order valence-corrected chi connectivity index (χ2v) is 10.00. The van der Waals surface area contributed by atoms with Gasteiger partial charge in [-0.15, -0.1) is 0 Å². The molecule has 8 nitrogen and oxygen atoms in total. The number of aryl methyl sites for hydroxylation is 1. The zero-order valence-corrected chi connectivity index (χ0v) is 22.8. The second kappa shape index (κ2) is 13.6. The van der Waals surface area contributed by atoms with Crippen molar-refractivity contribution in [1.29, 1.82) is 0 Å². The number of rotatable bonds is 11. The van der Waals surface area contributed by atoms with Gasteiger partial charge in [0.05, 0.1) is 22.0 Å². The van der Waals surface area contributed by atoms with Crippen LogP contribution in [0.4, 0.5) is 5.69 Å². The summed E-state index contributed by atoms with van der Waals surface area (Å²) in [5, 5.41) is 3.69. The first-order valence-corrected chi connectivity index (χ1v) is 13.5. The number of hydrogen-bond acceptors (Lipinski definition) is 6. The van der Waals surface area contributed by atoms with Gasteiger partial charge in [0.15, 0.2) is 11.8 Å². The van der Waals surface area contributed by atoms with E-state index in [1.807, 2.05) is 72.3 Å². The first-order chi connectivity index (χ1) is 18.9. The van der Waals surface area contributed by atoms with Gasteiger partial charge in [-0.3, -0.25) is 9.59 Å². The van der Waals surface area contributed by atoms with Crippen molar-refractivity contribution in [1.82, 2.24) is 14.5 Å². The number of aromatic nitrogens is 2. The van der Waals surface area contributed by atoms with E-state index >= 15 is 0 Å². The fraction of sp³-hybridized carbons (Fsp3) is 0.172. The zero-order valence-electron chi connectivity index (χ0n) is 21.2. The van der Waals surface area contributed by atoms with Crippen molar-refractivity contribution < 1.29 is 19.1 Å². The summed E-state index contributed by atoms with van der Waals surface area (Å²) >= 11 is 7.52. The minimum atomic E-state index is -0.697. The predicted octanol–water partition coefficient (Wildman–Crippen LogP) is 5.19. The van der Waals surface area contributed by atoms with E-state index in [-0.39, 0.29) is 33.8 Å². The number of halogens is 1. The second-order valence-electron chi connectivity index (χ2n) is 8.65. The van der Waals surface area contributed by atoms with Gasteiger partial charge < -0.3 is 19.5 Å². The lowest BCUT2D eigenvalue weighted by atomic mass is 10.1. The molecule has 0 aliphatic rings. The van der Waals surface area contributed by atoms with Gasteiger partial charge in [-0.1, -0.05) is 84.0 Å². The van der Waals surface area contributed by atoms with Crippen molar-refractivity contribution in [3.8, 4) is 0 Å². The van der Waals surface area contributed by atoms with Crippen molar-refractivity contribution >= 4 is 46.8 Å². The van der Waals surface area contributed by atoms with Gasteiger partial charge >= 0.3 is 5.97 Å². The third kappa shape index (κ3) is 8.20. The first kappa shape index (κ1) is 27.9. The summed E-state index contributed by atoms with van der Waals surface area (Å²) < 4.78 is 7.16. The van der Waals surface area contributed by atoms with E-state index in [9.17, 15) is 14.4 Å². The summed E-state index contributed by atoms with van der Waals surface area (Å²) in [7, 11) is 1.84. The van der Waals surface area contributed by atoms with Crippen LogP contribution < -0.4 is 5.32 Å². The normalized spacial score (nSPS) is 10.6. The molecular weight excluding hydrogens is 536 g/mol. The van der Waals surface area contributed by atoms with Crippen molar-refractivity contribution in [2.24, 2.45) is 7.05 Å². The van der Waals surface area contributed by atoms with Gasteiger partial charge in [0.2, 0.25) is 5.91 Å². The fourth-order valence-corrected chi connectivity index (χ4v) is 4.59. The summed E-state index contributed by atoms with van der Waals surface area (Å²) in [6, 6.07) is 23.7. The zero-order chi connectivity index (χ0) is 27.6. The maximum Gasteiger partial charge on any atom is 0.338 e. The van der Waals surface area contributed by atoms with Crippen molar-refractivity contribution in [2.45, 2.75) is 18.2 Å². The molecular formula is C29H27ClN4O4S. The summed E-state index contributed by atoms with van der Waals surface area (Å²) in [6.45, 7) is 0.322. The molecule has 4 rings (SSSR count). The molecule has 10 heteroatoms. The van der Waals surface area contributed by atoms with Crippen LogP contribution in [-0.4, -0.2) is 44.6 Å². The average molecular weight is 563 g/mol. The largest absolute Gasteiger partial charge is 0.452 e. The number of esters is 1. The highest BCUT2D eigenvalue weighted by molar-refractivity contribution is 7.99. The molecule has 0 radical (unpaired) electrons. The number of imidazole rings is 1. The minimum absolute atomic E-state index is 0.114. The van der Waals surface area contributed by atoms with E-state index in [1.54, 1.807) is 17.3 Å². The van der Waals surface area contributed by atoms with Crippen molar-refractivity contribution in [3.63, 3.8) is 0 Å². The van der Waals surface area contributed by atoms with E-state index in [0.717, 1.165) is 11.1 Å². The van der Waals surface area contributed by atoms with Crippen LogP contribution in [0.2, 0.25) is 5.02 Å². The standard InChI is InChI=1S/C29H27ClN4O4S/c1-33-15-14-31-29(33)39-20-26(35)32-25-16-23(12-13-24(25)30)28(37)38-19-27(36)34(17-21-8-4-2-5-9-21)18-22-10-6-3-7-11-22/h2-16H,17-20H2,1H3,(H,32,35). The molecule has 4 aromatic rings. The van der Waals surface area contributed by atoms with Gasteiger partial charge in [-0.05, 0) is 29.3 Å². The Morgan fingerprint density at radius 2 is 1.62 bits per heavy atom. The van der Waals surface area contributed by atoms with Gasteiger partial charge in [0.1, 0.15) is 0 Å². The molecule has 0 saturated carbocycles. The molecule has 0 saturated heterocycles. The maximum atomic E-state index is 13.1. The number of anilines is 1. The predicted molar refractivity (Wildman–Crippen MR) is 151 cm³/mol. The number of nitrogens with zero attached hydrogens (tertiary/aromatic N) is 3. The maximum absolute atomic E-state index is 13.1. The smallest absolute Gasteiger partial charge is 0.338 e. The van der Waals surface area contributed by atoms with Crippen LogP contribution in [0.1, 0.15) is 21.5 Å². The van der Waals surface area contributed by atoms with E-state index < -0.39 is 12.6 Å². The van der Waals surface area contributed by atoms with Crippen LogP contribution in [0.3, 0.4) is 0 Å². The third-order valence-electron chi connectivity index (χ3n) is 5.70. The molecule has 200 valence electrons. The van der Waals surface area contributed by atoms with E-state index in [1.165, 1.54) is 30.0 Å². The number of nitrogens with one attached hydrogen (secondary N) is 1. The Balaban J connectivity index is 1.37. The molecule has 0 bridgehead atoms. The molecule has 1 N–H and O–H groups in total. The molecule has 0 fully saturated rings. The fourth-order valence-electron chi connectivity index (χ4n) is 3.70. The number of ether oxygens (including phenoxy) is 1. The summed E-state index contributed by atoms with van der Waals surface area (Å²) in [4.78, 5) is 44.2. The number of carbonyl (C=O) groups is 3. The molecule has 3 aromatic carbocycles. The lowest BCUT2D eigenvalue weighted by Gasteiger charge is -2.23. The third-order valence-corrected chi connectivity index (χ3v) is 7.09. The number of carbonyl (C=O) groups excluding carboxylic acids is 3. The number of thioether (sulfide) groups is 1. The molecule has 0 aliphatic carbocycles. The summed E-state index contributed by atoms with van der Waals surface area (Å²) in [5.74, 6) is -1.21. The molecule has 1 heterocycles. The molecule has 0 atom stereocenters. The molecule has 0 aliphatic heterocycles. The van der Waals surface area contributed by atoms with Crippen molar-refractivity contribution in [3.05, 3.63) is 113 Å². The number of hydrogen-bond donors (Lipinski definition) is 1. The van der Waals surface area contributed by atoms with Crippen LogP contribution in [0.15, 0.2) is 96.4 Å². The molecule has 2 amide bonds. The van der Waals surface area contributed by atoms with Gasteiger partial charge in [0, 0.05) is 32.5 Å². The molecule has 0 unspecified atom stereocenters. The monoisotopic (exact) mass is 562 g/mol. The Bertz CT molecular complexity index is 1390. The van der Waals surface area contributed by atoms with E-state index in [4.69, 9.17) is 16.3 Å². The SMILES string of the molecule is Cn1ccnc1SCC(=O)Nc1cc(C(=O)OCC(=O)N(Cc2ccccc2)Cc2ccccc2)ccc1Cl. The molecule has 1 aromatic heterocycles. The topological polar surface area (TPSA) is 93.5 Å². The highest BCUT2D eigenvalue weighted by Crippen LogP contribution is 2.24.